The first-order chi connectivity index (χ1) is 8.22. The van der Waals surface area contributed by atoms with Gasteiger partial charge in [0.15, 0.2) is 0 Å². The lowest BCUT2D eigenvalue weighted by Crippen LogP contribution is -2.12. The quantitative estimate of drug-likeness (QED) is 0.729. The van der Waals surface area contributed by atoms with E-state index >= 15 is 0 Å². The number of nitrogens with zero attached hydrogens (tertiary/aromatic N) is 3. The third kappa shape index (κ3) is 5.83. The monoisotopic (exact) mass is 234 g/mol. The van der Waals surface area contributed by atoms with Gasteiger partial charge in [-0.2, -0.15) is 5.26 Å². The average Bonchev–Trinajstić information content (AvgIpc) is 2.33. The third-order valence-corrected chi connectivity index (χ3v) is 2.14. The Labute approximate surface area is 102 Å². The topological polar surface area (TPSA) is 70.8 Å². The van der Waals surface area contributed by atoms with E-state index in [0.29, 0.717) is 30.7 Å². The van der Waals surface area contributed by atoms with Crippen LogP contribution >= 0.6 is 0 Å². The van der Waals surface area contributed by atoms with Gasteiger partial charge in [-0.3, -0.25) is 0 Å². The summed E-state index contributed by atoms with van der Waals surface area (Å²) in [6.45, 7) is 6.38. The van der Waals surface area contributed by atoms with Gasteiger partial charge in [-0.1, -0.05) is 13.8 Å². The fourth-order valence-corrected chi connectivity index (χ4v) is 1.16. The second kappa shape index (κ2) is 7.58. The first-order valence-electron chi connectivity index (χ1n) is 5.77. The standard InChI is InChI=1S/C12H18N4O/c1-10(2)4-7-17-8-6-15-12-14-5-3-11(9-13)16-12/h3,5,10H,4,6-8H2,1-2H3,(H,14,15,16). The van der Waals surface area contributed by atoms with E-state index in [-0.39, 0.29) is 0 Å². The maximum Gasteiger partial charge on any atom is 0.223 e. The molecule has 0 unspecified atom stereocenters. The number of hydrogen-bond donors (Lipinski definition) is 1. The van der Waals surface area contributed by atoms with Gasteiger partial charge in [0.25, 0.3) is 0 Å². The number of rotatable bonds is 7. The van der Waals surface area contributed by atoms with Crippen molar-refractivity contribution in [2.75, 3.05) is 25.1 Å². The predicted octanol–water partition coefficient (Wildman–Crippen LogP) is 1.82. The van der Waals surface area contributed by atoms with Gasteiger partial charge in [0.05, 0.1) is 6.61 Å². The lowest BCUT2D eigenvalue weighted by molar-refractivity contribution is 0.132. The molecule has 0 aliphatic carbocycles. The highest BCUT2D eigenvalue weighted by atomic mass is 16.5. The molecule has 1 rings (SSSR count). The Bertz CT molecular complexity index is 373. The lowest BCUT2D eigenvalue weighted by atomic mass is 10.1. The summed E-state index contributed by atoms with van der Waals surface area (Å²) in [5.74, 6) is 1.13. The fraction of sp³-hybridized carbons (Fsp3) is 0.583. The van der Waals surface area contributed by atoms with Gasteiger partial charge in [-0.25, -0.2) is 9.97 Å². The van der Waals surface area contributed by atoms with Crippen LogP contribution < -0.4 is 5.32 Å². The van der Waals surface area contributed by atoms with Crippen LogP contribution in [0.1, 0.15) is 26.0 Å². The zero-order valence-electron chi connectivity index (χ0n) is 10.3. The molecule has 5 heteroatoms. The summed E-state index contributed by atoms with van der Waals surface area (Å²) >= 11 is 0. The largest absolute Gasteiger partial charge is 0.380 e. The van der Waals surface area contributed by atoms with Crippen molar-refractivity contribution in [3.63, 3.8) is 0 Å². The molecule has 0 saturated heterocycles. The summed E-state index contributed by atoms with van der Waals surface area (Å²) in [6, 6.07) is 3.54. The SMILES string of the molecule is CC(C)CCOCCNc1nccc(C#N)n1. The maximum absolute atomic E-state index is 8.66. The Balaban J connectivity index is 2.16. The smallest absolute Gasteiger partial charge is 0.223 e. The minimum absolute atomic E-state index is 0.364. The van der Waals surface area contributed by atoms with Crippen LogP contribution in [0.3, 0.4) is 0 Å². The summed E-state index contributed by atoms with van der Waals surface area (Å²) in [5, 5.41) is 11.7. The molecular weight excluding hydrogens is 216 g/mol. The number of anilines is 1. The van der Waals surface area contributed by atoms with Crippen molar-refractivity contribution in [2.24, 2.45) is 5.92 Å². The Morgan fingerprint density at radius 2 is 2.29 bits per heavy atom. The van der Waals surface area contributed by atoms with Gasteiger partial charge < -0.3 is 10.1 Å². The molecule has 0 amide bonds. The van der Waals surface area contributed by atoms with E-state index < -0.39 is 0 Å². The van der Waals surface area contributed by atoms with Crippen molar-refractivity contribution in [2.45, 2.75) is 20.3 Å². The van der Waals surface area contributed by atoms with E-state index in [9.17, 15) is 0 Å². The number of ether oxygens (including phenoxy) is 1. The first kappa shape index (κ1) is 13.4. The highest BCUT2D eigenvalue weighted by Gasteiger charge is 1.98. The van der Waals surface area contributed by atoms with Crippen LogP contribution in [0.15, 0.2) is 12.3 Å². The van der Waals surface area contributed by atoms with Gasteiger partial charge in [0.1, 0.15) is 11.8 Å². The molecule has 92 valence electrons. The van der Waals surface area contributed by atoms with Gasteiger partial charge in [-0.05, 0) is 18.4 Å². The fourth-order valence-electron chi connectivity index (χ4n) is 1.16. The molecule has 1 heterocycles. The van der Waals surface area contributed by atoms with Gasteiger partial charge in [-0.15, -0.1) is 0 Å². The summed E-state index contributed by atoms with van der Waals surface area (Å²) in [7, 11) is 0. The summed E-state index contributed by atoms with van der Waals surface area (Å²) in [5.41, 5.74) is 0.364. The van der Waals surface area contributed by atoms with E-state index in [4.69, 9.17) is 10.00 Å². The highest BCUT2D eigenvalue weighted by Crippen LogP contribution is 2.00. The minimum atomic E-state index is 0.364. The number of nitrogens with one attached hydrogen (secondary N) is 1. The van der Waals surface area contributed by atoms with Gasteiger partial charge in [0.2, 0.25) is 5.95 Å². The van der Waals surface area contributed by atoms with Gasteiger partial charge >= 0.3 is 0 Å². The Morgan fingerprint density at radius 1 is 1.47 bits per heavy atom. The molecule has 5 nitrogen and oxygen atoms in total. The second-order valence-corrected chi connectivity index (χ2v) is 4.10. The molecule has 0 fully saturated rings. The van der Waals surface area contributed by atoms with E-state index in [1.165, 1.54) is 0 Å². The van der Waals surface area contributed by atoms with Crippen molar-refractivity contribution in [3.05, 3.63) is 18.0 Å². The first-order valence-corrected chi connectivity index (χ1v) is 5.77. The second-order valence-electron chi connectivity index (χ2n) is 4.10. The number of hydrogen-bond acceptors (Lipinski definition) is 5. The predicted molar refractivity (Wildman–Crippen MR) is 65.5 cm³/mol. The van der Waals surface area contributed by atoms with Crippen LogP contribution in [0, 0.1) is 17.2 Å². The molecule has 0 aromatic carbocycles. The van der Waals surface area contributed by atoms with E-state index in [0.717, 1.165) is 13.0 Å². The van der Waals surface area contributed by atoms with Gasteiger partial charge in [0, 0.05) is 19.3 Å². The van der Waals surface area contributed by atoms with E-state index in [1.807, 2.05) is 6.07 Å². The highest BCUT2D eigenvalue weighted by molar-refractivity contribution is 5.29. The molecule has 1 aromatic rings. The molecular formula is C12H18N4O. The molecule has 0 spiro atoms. The summed E-state index contributed by atoms with van der Waals surface area (Å²) in [4.78, 5) is 8.00. The van der Waals surface area contributed by atoms with Crippen LogP contribution in [0.4, 0.5) is 5.95 Å². The van der Waals surface area contributed by atoms with Crippen LogP contribution in [-0.4, -0.2) is 29.7 Å². The van der Waals surface area contributed by atoms with E-state index in [2.05, 4.69) is 29.1 Å². The average molecular weight is 234 g/mol. The molecule has 1 aromatic heterocycles. The molecule has 0 atom stereocenters. The molecule has 0 radical (unpaired) electrons. The summed E-state index contributed by atoms with van der Waals surface area (Å²) in [6.07, 6.45) is 2.63. The van der Waals surface area contributed by atoms with E-state index in [1.54, 1.807) is 12.3 Å². The van der Waals surface area contributed by atoms with Crippen LogP contribution in [0.25, 0.3) is 0 Å². The molecule has 0 aliphatic heterocycles. The van der Waals surface area contributed by atoms with Crippen molar-refractivity contribution >= 4 is 5.95 Å². The Hall–Kier alpha value is -1.67. The molecule has 0 bridgehead atoms. The normalized spacial score (nSPS) is 10.2. The maximum atomic E-state index is 8.66. The third-order valence-electron chi connectivity index (χ3n) is 2.14. The number of aromatic nitrogens is 2. The minimum Gasteiger partial charge on any atom is -0.380 e. The Morgan fingerprint density at radius 3 is 3.00 bits per heavy atom. The van der Waals surface area contributed by atoms with Crippen molar-refractivity contribution in [1.29, 1.82) is 5.26 Å². The molecule has 1 N–H and O–H groups in total. The zero-order chi connectivity index (χ0) is 12.5. The lowest BCUT2D eigenvalue weighted by Gasteiger charge is -2.07. The number of nitriles is 1. The van der Waals surface area contributed by atoms with Crippen molar-refractivity contribution in [1.82, 2.24) is 9.97 Å². The summed E-state index contributed by atoms with van der Waals surface area (Å²) < 4.78 is 5.44. The van der Waals surface area contributed by atoms with Crippen LogP contribution in [-0.2, 0) is 4.74 Å². The van der Waals surface area contributed by atoms with Crippen LogP contribution in [0.5, 0.6) is 0 Å². The van der Waals surface area contributed by atoms with Crippen LogP contribution in [0.2, 0.25) is 0 Å². The molecule has 0 aliphatic rings. The van der Waals surface area contributed by atoms with Crippen molar-refractivity contribution < 1.29 is 4.74 Å². The van der Waals surface area contributed by atoms with Crippen molar-refractivity contribution in [3.8, 4) is 6.07 Å². The molecule has 17 heavy (non-hydrogen) atoms. The zero-order valence-corrected chi connectivity index (χ0v) is 10.3. The Kier molecular flexibility index (Phi) is 5.97. The molecule has 0 saturated carbocycles.